The molecule has 6 nitrogen and oxygen atoms in total. The minimum absolute atomic E-state index is 0.0498. The maximum Gasteiger partial charge on any atom is 0.266 e. The van der Waals surface area contributed by atoms with Crippen molar-refractivity contribution in [1.82, 2.24) is 10.2 Å². The standard InChI is InChI=1S/C16H19N3O3/c1-4-13-9-15(19-18-13)17-16(21)11(3)22-14-7-5-6-12(8-14)10(2)20/h5-9,11H,4H2,1-3H3,(H2,17,18,19,21). The monoisotopic (exact) mass is 301 g/mol. The molecular formula is C16H19N3O3. The first-order valence-electron chi connectivity index (χ1n) is 7.12. The maximum absolute atomic E-state index is 12.1. The van der Waals surface area contributed by atoms with Crippen molar-refractivity contribution in [1.29, 1.82) is 0 Å². The third kappa shape index (κ3) is 3.94. The summed E-state index contributed by atoms with van der Waals surface area (Å²) in [4.78, 5) is 23.4. The predicted molar refractivity (Wildman–Crippen MR) is 83.1 cm³/mol. The fourth-order valence-electron chi connectivity index (χ4n) is 1.88. The van der Waals surface area contributed by atoms with Crippen LogP contribution >= 0.6 is 0 Å². The fourth-order valence-corrected chi connectivity index (χ4v) is 1.88. The summed E-state index contributed by atoms with van der Waals surface area (Å²) >= 11 is 0. The Bertz CT molecular complexity index is 679. The number of carbonyl (C=O) groups is 2. The highest BCUT2D eigenvalue weighted by Crippen LogP contribution is 2.16. The number of ether oxygens (including phenoxy) is 1. The summed E-state index contributed by atoms with van der Waals surface area (Å²) in [5.74, 6) is 0.593. The number of rotatable bonds is 6. The normalized spacial score (nSPS) is 11.8. The first kappa shape index (κ1) is 15.8. The first-order valence-corrected chi connectivity index (χ1v) is 7.12. The number of carbonyl (C=O) groups excluding carboxylic acids is 2. The van der Waals surface area contributed by atoms with Crippen molar-refractivity contribution in [2.24, 2.45) is 0 Å². The number of aromatic amines is 1. The molecule has 0 aliphatic carbocycles. The molecule has 1 atom stereocenters. The van der Waals surface area contributed by atoms with Gasteiger partial charge in [0.2, 0.25) is 0 Å². The number of ketones is 1. The number of aromatic nitrogens is 2. The molecule has 1 amide bonds. The molecule has 1 unspecified atom stereocenters. The van der Waals surface area contributed by atoms with Gasteiger partial charge in [-0.25, -0.2) is 0 Å². The highest BCUT2D eigenvalue weighted by atomic mass is 16.5. The van der Waals surface area contributed by atoms with Gasteiger partial charge >= 0.3 is 0 Å². The molecule has 0 spiro atoms. The van der Waals surface area contributed by atoms with E-state index < -0.39 is 6.10 Å². The molecule has 6 heteroatoms. The van der Waals surface area contributed by atoms with Gasteiger partial charge in [0.1, 0.15) is 5.75 Å². The topological polar surface area (TPSA) is 84.1 Å². The first-order chi connectivity index (χ1) is 10.5. The maximum atomic E-state index is 12.1. The average molecular weight is 301 g/mol. The van der Waals surface area contributed by atoms with Gasteiger partial charge in [-0.05, 0) is 32.4 Å². The number of nitrogens with one attached hydrogen (secondary N) is 2. The number of hydrogen-bond acceptors (Lipinski definition) is 4. The quantitative estimate of drug-likeness (QED) is 0.803. The molecule has 0 bridgehead atoms. The van der Waals surface area contributed by atoms with Crippen LogP contribution in [0, 0.1) is 0 Å². The zero-order valence-electron chi connectivity index (χ0n) is 12.8. The molecule has 1 aromatic heterocycles. The Hall–Kier alpha value is -2.63. The second-order valence-electron chi connectivity index (χ2n) is 4.97. The Kier molecular flexibility index (Phi) is 4.93. The minimum atomic E-state index is -0.705. The van der Waals surface area contributed by atoms with Crippen LogP contribution in [0.5, 0.6) is 5.75 Å². The van der Waals surface area contributed by atoms with Gasteiger partial charge in [-0.1, -0.05) is 19.1 Å². The van der Waals surface area contributed by atoms with Gasteiger partial charge in [0.15, 0.2) is 17.7 Å². The number of Topliss-reactive ketones (excluding diaryl/α,β-unsaturated/α-hetero) is 1. The molecule has 0 radical (unpaired) electrons. The number of aryl methyl sites for hydroxylation is 1. The van der Waals surface area contributed by atoms with E-state index >= 15 is 0 Å². The van der Waals surface area contributed by atoms with Crippen LogP contribution in [0.15, 0.2) is 30.3 Å². The van der Waals surface area contributed by atoms with E-state index in [9.17, 15) is 9.59 Å². The van der Waals surface area contributed by atoms with Gasteiger partial charge in [-0.15, -0.1) is 0 Å². The number of hydrogen-bond donors (Lipinski definition) is 2. The van der Waals surface area contributed by atoms with Crippen LogP contribution in [-0.4, -0.2) is 28.0 Å². The number of anilines is 1. The van der Waals surface area contributed by atoms with Crippen molar-refractivity contribution in [3.05, 3.63) is 41.6 Å². The van der Waals surface area contributed by atoms with E-state index in [0.717, 1.165) is 12.1 Å². The van der Waals surface area contributed by atoms with Gasteiger partial charge in [0.05, 0.1) is 0 Å². The number of benzene rings is 1. The lowest BCUT2D eigenvalue weighted by atomic mass is 10.1. The average Bonchev–Trinajstić information content (AvgIpc) is 2.95. The molecule has 0 saturated carbocycles. The minimum Gasteiger partial charge on any atom is -0.481 e. The third-order valence-electron chi connectivity index (χ3n) is 3.19. The number of amides is 1. The van der Waals surface area contributed by atoms with Gasteiger partial charge in [-0.2, -0.15) is 5.10 Å². The van der Waals surface area contributed by atoms with E-state index in [1.54, 1.807) is 37.3 Å². The molecule has 1 heterocycles. The summed E-state index contributed by atoms with van der Waals surface area (Å²) in [6.07, 6.45) is 0.108. The predicted octanol–water partition coefficient (Wildman–Crippen LogP) is 2.58. The van der Waals surface area contributed by atoms with E-state index in [2.05, 4.69) is 15.5 Å². The molecule has 0 aliphatic rings. The van der Waals surface area contributed by atoms with Gasteiger partial charge < -0.3 is 10.1 Å². The molecule has 2 N–H and O–H groups in total. The summed E-state index contributed by atoms with van der Waals surface area (Å²) in [7, 11) is 0. The Labute approximate surface area is 128 Å². The van der Waals surface area contributed by atoms with Crippen LogP contribution in [0.1, 0.15) is 36.8 Å². The fraction of sp³-hybridized carbons (Fsp3) is 0.312. The lowest BCUT2D eigenvalue weighted by molar-refractivity contribution is -0.122. The molecular weight excluding hydrogens is 282 g/mol. The van der Waals surface area contributed by atoms with E-state index in [0.29, 0.717) is 17.1 Å². The summed E-state index contributed by atoms with van der Waals surface area (Å²) in [5, 5.41) is 9.50. The van der Waals surface area contributed by atoms with Gasteiger partial charge in [-0.3, -0.25) is 14.7 Å². The molecule has 116 valence electrons. The second-order valence-corrected chi connectivity index (χ2v) is 4.97. The van der Waals surface area contributed by atoms with Crippen molar-refractivity contribution < 1.29 is 14.3 Å². The van der Waals surface area contributed by atoms with Crippen LogP contribution in [-0.2, 0) is 11.2 Å². The van der Waals surface area contributed by atoms with Gasteiger partial charge in [0, 0.05) is 17.3 Å². The van der Waals surface area contributed by atoms with E-state index in [1.165, 1.54) is 6.92 Å². The zero-order chi connectivity index (χ0) is 16.1. The molecule has 0 saturated heterocycles. The molecule has 2 rings (SSSR count). The van der Waals surface area contributed by atoms with Gasteiger partial charge in [0.25, 0.3) is 5.91 Å². The second kappa shape index (κ2) is 6.89. The van der Waals surface area contributed by atoms with Crippen molar-refractivity contribution in [3.63, 3.8) is 0 Å². The zero-order valence-corrected chi connectivity index (χ0v) is 12.8. The van der Waals surface area contributed by atoms with Crippen LogP contribution in [0.2, 0.25) is 0 Å². The summed E-state index contributed by atoms with van der Waals surface area (Å²) in [5.41, 5.74) is 1.49. The molecule has 1 aromatic carbocycles. The van der Waals surface area contributed by atoms with E-state index in [-0.39, 0.29) is 11.7 Å². The van der Waals surface area contributed by atoms with Crippen molar-refractivity contribution in [2.75, 3.05) is 5.32 Å². The van der Waals surface area contributed by atoms with Crippen LogP contribution in [0.4, 0.5) is 5.82 Å². The van der Waals surface area contributed by atoms with Crippen LogP contribution in [0.25, 0.3) is 0 Å². The van der Waals surface area contributed by atoms with Crippen LogP contribution in [0.3, 0.4) is 0 Å². The summed E-state index contributed by atoms with van der Waals surface area (Å²) in [6, 6.07) is 8.53. The molecule has 0 fully saturated rings. The van der Waals surface area contributed by atoms with Crippen molar-refractivity contribution in [2.45, 2.75) is 33.3 Å². The summed E-state index contributed by atoms with van der Waals surface area (Å²) in [6.45, 7) is 5.12. The third-order valence-corrected chi connectivity index (χ3v) is 3.19. The summed E-state index contributed by atoms with van der Waals surface area (Å²) < 4.78 is 5.57. The Balaban J connectivity index is 1.99. The Morgan fingerprint density at radius 1 is 1.36 bits per heavy atom. The highest BCUT2D eigenvalue weighted by molar-refractivity contribution is 5.95. The van der Waals surface area contributed by atoms with Crippen LogP contribution < -0.4 is 10.1 Å². The Morgan fingerprint density at radius 2 is 2.14 bits per heavy atom. The smallest absolute Gasteiger partial charge is 0.266 e. The SMILES string of the molecule is CCc1cc(NC(=O)C(C)Oc2cccc(C(C)=O)c2)n[nH]1. The van der Waals surface area contributed by atoms with Crippen molar-refractivity contribution in [3.8, 4) is 5.75 Å². The van der Waals surface area contributed by atoms with E-state index in [4.69, 9.17) is 4.74 Å². The van der Waals surface area contributed by atoms with E-state index in [1.807, 2.05) is 6.92 Å². The van der Waals surface area contributed by atoms with Crippen molar-refractivity contribution >= 4 is 17.5 Å². The number of H-pyrrole nitrogens is 1. The number of nitrogens with zero attached hydrogens (tertiary/aromatic N) is 1. The lowest BCUT2D eigenvalue weighted by Crippen LogP contribution is -2.30. The lowest BCUT2D eigenvalue weighted by Gasteiger charge is -2.14. The molecule has 22 heavy (non-hydrogen) atoms. The molecule has 0 aliphatic heterocycles. The largest absolute Gasteiger partial charge is 0.481 e. The Morgan fingerprint density at radius 3 is 2.77 bits per heavy atom. The highest BCUT2D eigenvalue weighted by Gasteiger charge is 2.16. The molecule has 2 aromatic rings.